The molecule has 1 saturated heterocycles. The Labute approximate surface area is 175 Å². The monoisotopic (exact) mass is 417 g/mol. The second kappa shape index (κ2) is 8.41. The van der Waals surface area contributed by atoms with Crippen molar-refractivity contribution >= 4 is 17.5 Å². The molecule has 2 aromatic carbocycles. The zero-order chi connectivity index (χ0) is 20.4. The quantitative estimate of drug-likeness (QED) is 0.733. The van der Waals surface area contributed by atoms with E-state index in [0.717, 1.165) is 36.3 Å². The zero-order valence-electron chi connectivity index (χ0n) is 16.6. The minimum atomic E-state index is -0.0951. The number of amides is 1. The molecule has 0 radical (unpaired) electrons. The van der Waals surface area contributed by atoms with Gasteiger partial charge in [0.2, 0.25) is 0 Å². The fraction of sp³-hybridized carbons (Fsp3) is 0.409. The van der Waals surface area contributed by atoms with Gasteiger partial charge in [0.05, 0.1) is 38.5 Å². The highest BCUT2D eigenvalue weighted by Crippen LogP contribution is 2.42. The summed E-state index contributed by atoms with van der Waals surface area (Å²) in [7, 11) is 3.26. The predicted octanol–water partition coefficient (Wildman–Crippen LogP) is 4.50. The van der Waals surface area contributed by atoms with Gasteiger partial charge in [-0.1, -0.05) is 11.6 Å². The average Bonchev–Trinajstić information content (AvgIpc) is 3.10. The topological polar surface area (TPSA) is 57.2 Å². The predicted molar refractivity (Wildman–Crippen MR) is 110 cm³/mol. The zero-order valence-corrected chi connectivity index (χ0v) is 17.3. The number of halogens is 1. The standard InChI is InChI=1S/C22H24ClNO5/c1-26-15-6-7-19(27-2)16(13-15)18-5-3-8-24(18)22(25)14-11-17(23)21-20(12-14)28-9-4-10-29-21/h6-7,11-13,18H,3-5,8-10H2,1-2H3. The van der Waals surface area contributed by atoms with E-state index in [1.165, 1.54) is 0 Å². The molecule has 2 aliphatic rings. The molecule has 0 aromatic heterocycles. The van der Waals surface area contributed by atoms with Gasteiger partial charge in [0, 0.05) is 24.1 Å². The molecule has 0 saturated carbocycles. The maximum atomic E-state index is 13.4. The van der Waals surface area contributed by atoms with Crippen molar-refractivity contribution in [3.63, 3.8) is 0 Å². The SMILES string of the molecule is COc1ccc(OC)c(C2CCCN2C(=O)c2cc(Cl)c3c(c2)OCCCO3)c1. The first-order chi connectivity index (χ1) is 14.1. The largest absolute Gasteiger partial charge is 0.497 e. The third-order valence-electron chi connectivity index (χ3n) is 5.36. The van der Waals surface area contributed by atoms with E-state index in [9.17, 15) is 4.79 Å². The van der Waals surface area contributed by atoms with Crippen molar-refractivity contribution in [2.45, 2.75) is 25.3 Å². The number of benzene rings is 2. The molecule has 0 aliphatic carbocycles. The summed E-state index contributed by atoms with van der Waals surface area (Å²) >= 11 is 6.40. The Kier molecular flexibility index (Phi) is 5.72. The maximum Gasteiger partial charge on any atom is 0.254 e. The van der Waals surface area contributed by atoms with Crippen LogP contribution in [0.25, 0.3) is 0 Å². The number of methoxy groups -OCH3 is 2. The van der Waals surface area contributed by atoms with Crippen molar-refractivity contribution < 1.29 is 23.7 Å². The van der Waals surface area contributed by atoms with Gasteiger partial charge >= 0.3 is 0 Å². The molecule has 1 unspecified atom stereocenters. The third kappa shape index (κ3) is 3.81. The highest BCUT2D eigenvalue weighted by atomic mass is 35.5. The molecule has 2 aromatic rings. The van der Waals surface area contributed by atoms with E-state index < -0.39 is 0 Å². The van der Waals surface area contributed by atoms with Gasteiger partial charge in [-0.25, -0.2) is 0 Å². The molecule has 6 nitrogen and oxygen atoms in total. The second-order valence-electron chi connectivity index (χ2n) is 7.10. The van der Waals surface area contributed by atoms with E-state index in [4.69, 9.17) is 30.5 Å². The number of carbonyl (C=O) groups is 1. The van der Waals surface area contributed by atoms with E-state index in [2.05, 4.69) is 0 Å². The highest BCUT2D eigenvalue weighted by molar-refractivity contribution is 6.32. The van der Waals surface area contributed by atoms with E-state index in [1.807, 2.05) is 23.1 Å². The summed E-state index contributed by atoms with van der Waals surface area (Å²) in [6.45, 7) is 1.74. The Morgan fingerprint density at radius 2 is 1.93 bits per heavy atom. The summed E-state index contributed by atoms with van der Waals surface area (Å²) in [4.78, 5) is 15.3. The molecule has 1 amide bonds. The number of likely N-dealkylation sites (tertiary alicyclic amines) is 1. The van der Waals surface area contributed by atoms with Gasteiger partial charge in [0.15, 0.2) is 11.5 Å². The van der Waals surface area contributed by atoms with Crippen LogP contribution in [0.5, 0.6) is 23.0 Å². The van der Waals surface area contributed by atoms with Crippen LogP contribution in [-0.2, 0) is 0 Å². The molecule has 2 aliphatic heterocycles. The molecule has 4 rings (SSSR count). The van der Waals surface area contributed by atoms with Crippen molar-refractivity contribution in [1.29, 1.82) is 0 Å². The Balaban J connectivity index is 1.67. The number of fused-ring (bicyclic) bond motifs is 1. The van der Waals surface area contributed by atoms with Crippen molar-refractivity contribution in [1.82, 2.24) is 4.90 Å². The van der Waals surface area contributed by atoms with Gasteiger partial charge < -0.3 is 23.8 Å². The molecule has 1 fully saturated rings. The molecular formula is C22H24ClNO5. The Bertz CT molecular complexity index is 916. The van der Waals surface area contributed by atoms with Crippen molar-refractivity contribution in [2.75, 3.05) is 34.0 Å². The first-order valence-electron chi connectivity index (χ1n) is 9.74. The normalized spacial score (nSPS) is 18.3. The third-order valence-corrected chi connectivity index (χ3v) is 5.64. The van der Waals surface area contributed by atoms with Gasteiger partial charge in [0.25, 0.3) is 5.91 Å². The van der Waals surface area contributed by atoms with Crippen LogP contribution in [-0.4, -0.2) is 44.8 Å². The molecule has 2 heterocycles. The first-order valence-corrected chi connectivity index (χ1v) is 10.1. The van der Waals surface area contributed by atoms with Crippen LogP contribution in [0.15, 0.2) is 30.3 Å². The van der Waals surface area contributed by atoms with Crippen LogP contribution in [0.2, 0.25) is 5.02 Å². The number of ether oxygens (including phenoxy) is 4. The Hall–Kier alpha value is -2.60. The minimum Gasteiger partial charge on any atom is -0.497 e. The lowest BCUT2D eigenvalue weighted by atomic mass is 10.0. The fourth-order valence-corrected chi connectivity index (χ4v) is 4.22. The summed E-state index contributed by atoms with van der Waals surface area (Å²) in [6.07, 6.45) is 2.54. The molecule has 29 heavy (non-hydrogen) atoms. The van der Waals surface area contributed by atoms with Crippen LogP contribution in [0.4, 0.5) is 0 Å². The van der Waals surface area contributed by atoms with Crippen molar-refractivity contribution in [3.05, 3.63) is 46.5 Å². The molecule has 7 heteroatoms. The molecule has 0 bridgehead atoms. The first kappa shape index (κ1) is 19.7. The maximum absolute atomic E-state index is 13.4. The molecule has 1 atom stereocenters. The summed E-state index contributed by atoms with van der Waals surface area (Å²) in [5.74, 6) is 2.42. The summed E-state index contributed by atoms with van der Waals surface area (Å²) in [5, 5.41) is 0.391. The second-order valence-corrected chi connectivity index (χ2v) is 7.51. The van der Waals surface area contributed by atoms with Crippen LogP contribution in [0, 0.1) is 0 Å². The lowest BCUT2D eigenvalue weighted by molar-refractivity contribution is 0.0733. The number of hydrogen-bond donors (Lipinski definition) is 0. The number of carbonyl (C=O) groups excluding carboxylic acids is 1. The summed E-state index contributed by atoms with van der Waals surface area (Å²) < 4.78 is 22.3. The van der Waals surface area contributed by atoms with Gasteiger partial charge in [-0.3, -0.25) is 4.79 Å². The van der Waals surface area contributed by atoms with E-state index >= 15 is 0 Å². The molecule has 0 spiro atoms. The van der Waals surface area contributed by atoms with Crippen LogP contribution >= 0.6 is 11.6 Å². The van der Waals surface area contributed by atoms with E-state index in [1.54, 1.807) is 26.4 Å². The van der Waals surface area contributed by atoms with Gasteiger partial charge in [0.1, 0.15) is 11.5 Å². The number of rotatable bonds is 4. The van der Waals surface area contributed by atoms with Crippen LogP contribution in [0.3, 0.4) is 0 Å². The van der Waals surface area contributed by atoms with E-state index in [-0.39, 0.29) is 11.9 Å². The Morgan fingerprint density at radius 1 is 1.10 bits per heavy atom. The smallest absolute Gasteiger partial charge is 0.254 e. The van der Waals surface area contributed by atoms with Crippen LogP contribution < -0.4 is 18.9 Å². The van der Waals surface area contributed by atoms with Crippen molar-refractivity contribution in [2.24, 2.45) is 0 Å². The summed E-state index contributed by atoms with van der Waals surface area (Å²) in [6, 6.07) is 8.97. The number of nitrogens with zero attached hydrogens (tertiary/aromatic N) is 1. The fourth-order valence-electron chi connectivity index (χ4n) is 3.95. The van der Waals surface area contributed by atoms with Gasteiger partial charge in [-0.05, 0) is 43.2 Å². The van der Waals surface area contributed by atoms with Gasteiger partial charge in [-0.2, -0.15) is 0 Å². The Morgan fingerprint density at radius 3 is 2.72 bits per heavy atom. The lowest BCUT2D eigenvalue weighted by Crippen LogP contribution is -2.30. The lowest BCUT2D eigenvalue weighted by Gasteiger charge is -2.27. The van der Waals surface area contributed by atoms with Crippen molar-refractivity contribution in [3.8, 4) is 23.0 Å². The number of hydrogen-bond acceptors (Lipinski definition) is 5. The molecule has 154 valence electrons. The summed E-state index contributed by atoms with van der Waals surface area (Å²) in [5.41, 5.74) is 1.44. The van der Waals surface area contributed by atoms with Crippen LogP contribution in [0.1, 0.15) is 41.2 Å². The highest BCUT2D eigenvalue weighted by Gasteiger charge is 2.33. The molecular weight excluding hydrogens is 394 g/mol. The van der Waals surface area contributed by atoms with E-state index in [0.29, 0.717) is 41.8 Å². The minimum absolute atomic E-state index is 0.0880. The molecule has 0 N–H and O–H groups in total. The average molecular weight is 418 g/mol. The van der Waals surface area contributed by atoms with Gasteiger partial charge in [-0.15, -0.1) is 0 Å².